The predicted octanol–water partition coefficient (Wildman–Crippen LogP) is -0.205. The highest BCUT2D eigenvalue weighted by atomic mass is 16.4. The molecule has 0 spiro atoms. The van der Waals surface area contributed by atoms with E-state index >= 15 is 0 Å². The SMILES string of the molecule is CN1CCN(c2oc(C(=O)O)cc(=O)c2O)CC1. The van der Waals surface area contributed by atoms with Crippen molar-refractivity contribution in [2.45, 2.75) is 0 Å². The second-order valence-corrected chi connectivity index (χ2v) is 4.22. The first kappa shape index (κ1) is 12.4. The number of hydrogen-bond donors (Lipinski definition) is 2. The number of aromatic carboxylic acids is 1. The maximum absolute atomic E-state index is 11.5. The van der Waals surface area contributed by atoms with Crippen molar-refractivity contribution in [3.8, 4) is 5.75 Å². The fraction of sp³-hybridized carbons (Fsp3) is 0.455. The summed E-state index contributed by atoms with van der Waals surface area (Å²) in [6.07, 6.45) is 0. The highest BCUT2D eigenvalue weighted by Crippen LogP contribution is 2.25. The summed E-state index contributed by atoms with van der Waals surface area (Å²) in [6.45, 7) is 2.63. The molecule has 7 nitrogen and oxygen atoms in total. The first-order chi connectivity index (χ1) is 8.49. The van der Waals surface area contributed by atoms with E-state index in [2.05, 4.69) is 4.90 Å². The van der Waals surface area contributed by atoms with Crippen molar-refractivity contribution in [3.63, 3.8) is 0 Å². The highest BCUT2D eigenvalue weighted by Gasteiger charge is 2.23. The standard InChI is InChI=1S/C11H14N2O5/c1-12-2-4-13(5-3-12)10-9(15)7(14)6-8(18-10)11(16)17/h6,15H,2-5H2,1H3,(H,16,17). The van der Waals surface area contributed by atoms with Gasteiger partial charge in [-0.3, -0.25) is 4.79 Å². The molecule has 0 aromatic carbocycles. The number of carboxylic acid groups (broad SMARTS) is 1. The van der Waals surface area contributed by atoms with Crippen LogP contribution in [0.15, 0.2) is 15.3 Å². The second kappa shape index (κ2) is 4.69. The topological polar surface area (TPSA) is 94.2 Å². The summed E-state index contributed by atoms with van der Waals surface area (Å²) in [5, 5.41) is 18.5. The number of aromatic hydroxyl groups is 1. The van der Waals surface area contributed by atoms with Gasteiger partial charge in [-0.25, -0.2) is 4.79 Å². The fourth-order valence-electron chi connectivity index (χ4n) is 1.80. The Morgan fingerprint density at radius 3 is 2.50 bits per heavy atom. The Morgan fingerprint density at radius 1 is 1.33 bits per heavy atom. The van der Waals surface area contributed by atoms with Gasteiger partial charge in [-0.1, -0.05) is 0 Å². The van der Waals surface area contributed by atoms with Gasteiger partial charge in [0.05, 0.1) is 0 Å². The molecule has 0 unspecified atom stereocenters. The fourth-order valence-corrected chi connectivity index (χ4v) is 1.80. The van der Waals surface area contributed by atoms with Crippen LogP contribution in [-0.4, -0.2) is 54.3 Å². The van der Waals surface area contributed by atoms with Crippen LogP contribution >= 0.6 is 0 Å². The van der Waals surface area contributed by atoms with E-state index < -0.39 is 22.9 Å². The molecular weight excluding hydrogens is 240 g/mol. The van der Waals surface area contributed by atoms with E-state index in [1.54, 1.807) is 4.90 Å². The summed E-state index contributed by atoms with van der Waals surface area (Å²) in [5.74, 6) is -2.40. The van der Waals surface area contributed by atoms with Crippen LogP contribution in [0.25, 0.3) is 0 Å². The van der Waals surface area contributed by atoms with Gasteiger partial charge in [0.25, 0.3) is 0 Å². The van der Waals surface area contributed by atoms with Gasteiger partial charge in [0, 0.05) is 32.2 Å². The molecule has 1 aromatic rings. The lowest BCUT2D eigenvalue weighted by molar-refractivity contribution is 0.0659. The van der Waals surface area contributed by atoms with Crippen molar-refractivity contribution in [1.29, 1.82) is 0 Å². The molecule has 2 N–H and O–H groups in total. The number of likely N-dealkylation sites (N-methyl/N-ethyl adjacent to an activating group) is 1. The monoisotopic (exact) mass is 254 g/mol. The lowest BCUT2D eigenvalue weighted by Crippen LogP contribution is -2.44. The number of rotatable bonds is 2. The molecule has 1 aliphatic heterocycles. The highest BCUT2D eigenvalue weighted by molar-refractivity contribution is 5.84. The van der Waals surface area contributed by atoms with Crippen molar-refractivity contribution in [1.82, 2.24) is 4.90 Å². The summed E-state index contributed by atoms with van der Waals surface area (Å²) in [6, 6.07) is 0.775. The Labute approximate surface area is 103 Å². The Morgan fingerprint density at radius 2 is 1.94 bits per heavy atom. The quantitative estimate of drug-likeness (QED) is 0.754. The molecule has 98 valence electrons. The first-order valence-corrected chi connectivity index (χ1v) is 5.53. The molecule has 1 saturated heterocycles. The molecule has 1 aromatic heterocycles. The van der Waals surface area contributed by atoms with Crippen molar-refractivity contribution < 1.29 is 19.4 Å². The molecule has 0 radical (unpaired) electrons. The van der Waals surface area contributed by atoms with Gasteiger partial charge >= 0.3 is 5.97 Å². The third-order valence-corrected chi connectivity index (χ3v) is 2.91. The van der Waals surface area contributed by atoms with Gasteiger partial charge in [-0.15, -0.1) is 0 Å². The van der Waals surface area contributed by atoms with Crippen LogP contribution in [0.3, 0.4) is 0 Å². The number of piperazine rings is 1. The molecule has 1 fully saturated rings. The van der Waals surface area contributed by atoms with Crippen LogP contribution in [0.5, 0.6) is 5.75 Å². The summed E-state index contributed by atoms with van der Waals surface area (Å²) in [4.78, 5) is 26.0. The lowest BCUT2D eigenvalue weighted by atomic mass is 10.3. The Balaban J connectivity index is 2.37. The Bertz CT molecular complexity index is 517. The number of carbonyl (C=O) groups is 1. The predicted molar refractivity (Wildman–Crippen MR) is 63.3 cm³/mol. The average Bonchev–Trinajstić information content (AvgIpc) is 2.33. The zero-order chi connectivity index (χ0) is 13.3. The average molecular weight is 254 g/mol. The largest absolute Gasteiger partial charge is 0.500 e. The maximum atomic E-state index is 11.5. The van der Waals surface area contributed by atoms with Gasteiger partial charge in [-0.2, -0.15) is 0 Å². The van der Waals surface area contributed by atoms with E-state index in [-0.39, 0.29) is 5.88 Å². The molecular formula is C11H14N2O5. The van der Waals surface area contributed by atoms with Crippen LogP contribution in [0.2, 0.25) is 0 Å². The van der Waals surface area contributed by atoms with E-state index in [0.29, 0.717) is 13.1 Å². The number of carboxylic acids is 1. The van der Waals surface area contributed by atoms with Crippen molar-refractivity contribution >= 4 is 11.9 Å². The van der Waals surface area contributed by atoms with Gasteiger partial charge in [-0.05, 0) is 7.05 Å². The maximum Gasteiger partial charge on any atom is 0.372 e. The van der Waals surface area contributed by atoms with Gasteiger partial charge in [0.1, 0.15) is 0 Å². The minimum Gasteiger partial charge on any atom is -0.500 e. The molecule has 0 bridgehead atoms. The molecule has 1 aliphatic rings. The third kappa shape index (κ3) is 2.30. The van der Waals surface area contributed by atoms with E-state index in [4.69, 9.17) is 9.52 Å². The van der Waals surface area contributed by atoms with E-state index in [0.717, 1.165) is 19.2 Å². The van der Waals surface area contributed by atoms with Crippen LogP contribution in [0.4, 0.5) is 5.88 Å². The molecule has 2 rings (SSSR count). The Hall–Kier alpha value is -2.02. The molecule has 0 aliphatic carbocycles. The molecule has 0 saturated carbocycles. The summed E-state index contributed by atoms with van der Waals surface area (Å²) in [5.41, 5.74) is -0.743. The molecule has 18 heavy (non-hydrogen) atoms. The molecule has 7 heteroatoms. The lowest BCUT2D eigenvalue weighted by Gasteiger charge is -2.32. The van der Waals surface area contributed by atoms with Crippen molar-refractivity contribution in [3.05, 3.63) is 22.0 Å². The molecule has 0 amide bonds. The van der Waals surface area contributed by atoms with E-state index in [1.807, 2.05) is 7.05 Å². The van der Waals surface area contributed by atoms with Gasteiger partial charge in [0.15, 0.2) is 0 Å². The van der Waals surface area contributed by atoms with Crippen molar-refractivity contribution in [2.24, 2.45) is 0 Å². The van der Waals surface area contributed by atoms with Crippen LogP contribution in [-0.2, 0) is 0 Å². The number of hydrogen-bond acceptors (Lipinski definition) is 6. The normalized spacial score (nSPS) is 16.8. The summed E-state index contributed by atoms with van der Waals surface area (Å²) >= 11 is 0. The van der Waals surface area contributed by atoms with Crippen LogP contribution in [0, 0.1) is 0 Å². The third-order valence-electron chi connectivity index (χ3n) is 2.91. The smallest absolute Gasteiger partial charge is 0.372 e. The second-order valence-electron chi connectivity index (χ2n) is 4.22. The van der Waals surface area contributed by atoms with Gasteiger partial charge in [0.2, 0.25) is 22.8 Å². The van der Waals surface area contributed by atoms with Crippen molar-refractivity contribution in [2.75, 3.05) is 38.1 Å². The summed E-state index contributed by atoms with van der Waals surface area (Å²) in [7, 11) is 1.96. The number of nitrogens with zero attached hydrogens (tertiary/aromatic N) is 2. The Kier molecular flexibility index (Phi) is 3.24. The van der Waals surface area contributed by atoms with E-state index in [1.165, 1.54) is 0 Å². The minimum atomic E-state index is -1.33. The van der Waals surface area contributed by atoms with Gasteiger partial charge < -0.3 is 24.4 Å². The number of anilines is 1. The zero-order valence-electron chi connectivity index (χ0n) is 9.92. The van der Waals surface area contributed by atoms with Crippen LogP contribution in [0.1, 0.15) is 10.6 Å². The summed E-state index contributed by atoms with van der Waals surface area (Å²) < 4.78 is 5.08. The van der Waals surface area contributed by atoms with Crippen LogP contribution < -0.4 is 10.3 Å². The molecule has 0 atom stereocenters. The zero-order valence-corrected chi connectivity index (χ0v) is 9.92. The minimum absolute atomic E-state index is 0.0620. The molecule has 2 heterocycles. The first-order valence-electron chi connectivity index (χ1n) is 5.53. The van der Waals surface area contributed by atoms with E-state index in [9.17, 15) is 14.7 Å².